The molecule has 1 fully saturated rings. The number of methoxy groups -OCH3 is 1. The molecule has 32 heavy (non-hydrogen) atoms. The minimum atomic E-state index is -0.473. The summed E-state index contributed by atoms with van der Waals surface area (Å²) in [4.78, 5) is 34.8. The van der Waals surface area contributed by atoms with Crippen molar-refractivity contribution in [3.8, 4) is 0 Å². The van der Waals surface area contributed by atoms with Crippen molar-refractivity contribution in [2.45, 2.75) is 46.4 Å². The summed E-state index contributed by atoms with van der Waals surface area (Å²) in [5, 5.41) is 2.89. The van der Waals surface area contributed by atoms with Crippen molar-refractivity contribution in [1.82, 2.24) is 15.3 Å². The highest BCUT2D eigenvalue weighted by molar-refractivity contribution is 6.00. The molecule has 0 radical (unpaired) electrons. The van der Waals surface area contributed by atoms with E-state index in [9.17, 15) is 9.59 Å². The Morgan fingerprint density at radius 2 is 1.94 bits per heavy atom. The first-order chi connectivity index (χ1) is 15.3. The zero-order valence-corrected chi connectivity index (χ0v) is 19.4. The number of rotatable bonds is 8. The third-order valence-electron chi connectivity index (χ3n) is 5.40. The molecule has 0 aromatic carbocycles. The van der Waals surface area contributed by atoms with Gasteiger partial charge in [-0.3, -0.25) is 4.79 Å². The number of amides is 1. The van der Waals surface area contributed by atoms with Crippen molar-refractivity contribution in [3.05, 3.63) is 46.4 Å². The molecular formula is C23H32N4O5. The van der Waals surface area contributed by atoms with Gasteiger partial charge in [0.15, 0.2) is 0 Å². The maximum atomic E-state index is 12.7. The zero-order valence-electron chi connectivity index (χ0n) is 19.4. The molecule has 1 aliphatic heterocycles. The first-order valence-electron chi connectivity index (χ1n) is 10.8. The molecule has 9 heteroatoms. The van der Waals surface area contributed by atoms with Crippen LogP contribution in [0.1, 0.15) is 51.5 Å². The fourth-order valence-electron chi connectivity index (χ4n) is 3.92. The molecule has 2 aromatic rings. The van der Waals surface area contributed by atoms with Gasteiger partial charge >= 0.3 is 5.97 Å². The van der Waals surface area contributed by atoms with Crippen LogP contribution in [-0.4, -0.2) is 67.5 Å². The largest absolute Gasteiger partial charge is 0.460 e. The zero-order chi connectivity index (χ0) is 23.3. The van der Waals surface area contributed by atoms with Gasteiger partial charge in [0.25, 0.3) is 5.91 Å². The molecule has 2 unspecified atom stereocenters. The predicted molar refractivity (Wildman–Crippen MR) is 120 cm³/mol. The number of carbonyl (C=O) groups is 2. The standard InChI is InChI=1S/C23H32N4O5/c1-14-12-27(13-15(2)32-14)19-7-6-18(10-24-19)11-25-22(28)21-16(3)20(17(4)26-21)23(29)31-9-8-30-5/h6-7,10,14-15,26H,8-9,11-13H2,1-5H3,(H,25,28). The Labute approximate surface area is 188 Å². The number of aryl methyl sites for hydroxylation is 1. The number of nitrogens with zero attached hydrogens (tertiary/aromatic N) is 2. The molecule has 174 valence electrons. The van der Waals surface area contributed by atoms with Gasteiger partial charge < -0.3 is 29.4 Å². The van der Waals surface area contributed by atoms with E-state index >= 15 is 0 Å². The number of esters is 1. The van der Waals surface area contributed by atoms with E-state index in [1.165, 1.54) is 7.11 Å². The van der Waals surface area contributed by atoms with Crippen molar-refractivity contribution < 1.29 is 23.8 Å². The van der Waals surface area contributed by atoms with E-state index in [2.05, 4.69) is 34.0 Å². The molecular weight excluding hydrogens is 412 g/mol. The van der Waals surface area contributed by atoms with Crippen LogP contribution in [0.3, 0.4) is 0 Å². The number of hydrogen-bond acceptors (Lipinski definition) is 7. The van der Waals surface area contributed by atoms with Gasteiger partial charge in [-0.1, -0.05) is 6.07 Å². The smallest absolute Gasteiger partial charge is 0.340 e. The number of H-pyrrole nitrogens is 1. The normalized spacial score (nSPS) is 18.5. The highest BCUT2D eigenvalue weighted by atomic mass is 16.6. The van der Waals surface area contributed by atoms with Crippen LogP contribution in [0, 0.1) is 13.8 Å². The summed E-state index contributed by atoms with van der Waals surface area (Å²) >= 11 is 0. The van der Waals surface area contributed by atoms with Crippen LogP contribution in [0.4, 0.5) is 5.82 Å². The number of aromatic amines is 1. The van der Waals surface area contributed by atoms with Crippen LogP contribution in [0.25, 0.3) is 0 Å². The van der Waals surface area contributed by atoms with Crippen molar-refractivity contribution in [2.24, 2.45) is 0 Å². The second-order valence-corrected chi connectivity index (χ2v) is 8.12. The molecule has 2 atom stereocenters. The van der Waals surface area contributed by atoms with E-state index in [1.807, 2.05) is 12.1 Å². The number of carbonyl (C=O) groups excluding carboxylic acids is 2. The van der Waals surface area contributed by atoms with Gasteiger partial charge in [0.05, 0.1) is 24.4 Å². The van der Waals surface area contributed by atoms with Crippen molar-refractivity contribution >= 4 is 17.7 Å². The average molecular weight is 445 g/mol. The predicted octanol–water partition coefficient (Wildman–Crippen LogP) is 2.37. The number of aromatic nitrogens is 2. The third kappa shape index (κ3) is 5.66. The molecule has 1 saturated heterocycles. The Morgan fingerprint density at radius 3 is 2.56 bits per heavy atom. The van der Waals surface area contributed by atoms with Crippen molar-refractivity contribution in [3.63, 3.8) is 0 Å². The number of morpholine rings is 1. The maximum absolute atomic E-state index is 12.7. The minimum Gasteiger partial charge on any atom is -0.460 e. The van der Waals surface area contributed by atoms with Crippen LogP contribution in [0.2, 0.25) is 0 Å². The van der Waals surface area contributed by atoms with Gasteiger partial charge in [-0.05, 0) is 44.9 Å². The Balaban J connectivity index is 1.60. The van der Waals surface area contributed by atoms with E-state index in [1.54, 1.807) is 20.0 Å². The summed E-state index contributed by atoms with van der Waals surface area (Å²) in [6, 6.07) is 3.92. The van der Waals surface area contributed by atoms with Crippen molar-refractivity contribution in [1.29, 1.82) is 0 Å². The van der Waals surface area contributed by atoms with E-state index in [4.69, 9.17) is 14.2 Å². The van der Waals surface area contributed by atoms with Gasteiger partial charge in [0.2, 0.25) is 0 Å². The van der Waals surface area contributed by atoms with Crippen LogP contribution < -0.4 is 10.2 Å². The first kappa shape index (κ1) is 23.7. The summed E-state index contributed by atoms with van der Waals surface area (Å²) in [6.07, 6.45) is 2.09. The average Bonchev–Trinajstić information content (AvgIpc) is 3.06. The van der Waals surface area contributed by atoms with Gasteiger partial charge in [-0.25, -0.2) is 9.78 Å². The number of anilines is 1. The van der Waals surface area contributed by atoms with Crippen LogP contribution in [0.15, 0.2) is 18.3 Å². The van der Waals surface area contributed by atoms with E-state index in [0.717, 1.165) is 24.5 Å². The molecule has 9 nitrogen and oxygen atoms in total. The highest BCUT2D eigenvalue weighted by Crippen LogP contribution is 2.20. The van der Waals surface area contributed by atoms with Crippen LogP contribution in [0.5, 0.6) is 0 Å². The number of nitrogens with one attached hydrogen (secondary N) is 2. The quantitative estimate of drug-likeness (QED) is 0.476. The van der Waals surface area contributed by atoms with Gasteiger partial charge in [0.1, 0.15) is 18.1 Å². The molecule has 3 heterocycles. The molecule has 3 rings (SSSR count). The summed E-state index contributed by atoms with van der Waals surface area (Å²) in [6.45, 7) is 9.99. The topological polar surface area (TPSA) is 106 Å². The molecule has 0 aliphatic carbocycles. The number of hydrogen-bond donors (Lipinski definition) is 2. The molecule has 0 bridgehead atoms. The monoisotopic (exact) mass is 444 g/mol. The fraction of sp³-hybridized carbons (Fsp3) is 0.522. The first-order valence-corrected chi connectivity index (χ1v) is 10.8. The molecule has 2 N–H and O–H groups in total. The minimum absolute atomic E-state index is 0.159. The maximum Gasteiger partial charge on any atom is 0.340 e. The lowest BCUT2D eigenvalue weighted by Crippen LogP contribution is -2.45. The van der Waals surface area contributed by atoms with Crippen LogP contribution in [-0.2, 0) is 20.8 Å². The summed E-state index contributed by atoms with van der Waals surface area (Å²) in [7, 11) is 1.54. The second-order valence-electron chi connectivity index (χ2n) is 8.12. The summed E-state index contributed by atoms with van der Waals surface area (Å²) in [5.41, 5.74) is 2.77. The molecule has 2 aromatic heterocycles. The second kappa shape index (κ2) is 10.6. The number of ether oxygens (including phenoxy) is 3. The summed E-state index contributed by atoms with van der Waals surface area (Å²) in [5.74, 6) is 0.134. The lowest BCUT2D eigenvalue weighted by Gasteiger charge is -2.36. The van der Waals surface area contributed by atoms with E-state index < -0.39 is 5.97 Å². The Hall–Kier alpha value is -2.91. The molecule has 1 aliphatic rings. The van der Waals surface area contributed by atoms with Crippen molar-refractivity contribution in [2.75, 3.05) is 38.3 Å². The molecule has 0 saturated carbocycles. The summed E-state index contributed by atoms with van der Waals surface area (Å²) < 4.78 is 15.9. The van der Waals surface area contributed by atoms with Gasteiger partial charge in [-0.2, -0.15) is 0 Å². The van der Waals surface area contributed by atoms with Gasteiger partial charge in [0, 0.05) is 38.6 Å². The SMILES string of the molecule is COCCOC(=O)c1c(C)[nH]c(C(=O)NCc2ccc(N3CC(C)OC(C)C3)nc2)c1C. The van der Waals surface area contributed by atoms with E-state index in [-0.39, 0.29) is 24.7 Å². The Bertz CT molecular complexity index is 931. The molecule has 0 spiro atoms. The highest BCUT2D eigenvalue weighted by Gasteiger charge is 2.24. The Morgan fingerprint density at radius 1 is 1.22 bits per heavy atom. The van der Waals surface area contributed by atoms with Crippen LogP contribution >= 0.6 is 0 Å². The lowest BCUT2D eigenvalue weighted by atomic mass is 10.1. The third-order valence-corrected chi connectivity index (χ3v) is 5.40. The number of pyridine rings is 1. The molecule has 1 amide bonds. The van der Waals surface area contributed by atoms with Gasteiger partial charge in [-0.15, -0.1) is 0 Å². The fourth-order valence-corrected chi connectivity index (χ4v) is 3.92. The van der Waals surface area contributed by atoms with E-state index in [0.29, 0.717) is 35.7 Å². The lowest BCUT2D eigenvalue weighted by molar-refractivity contribution is -0.00546. The Kier molecular flexibility index (Phi) is 7.87.